The molecule has 0 radical (unpaired) electrons. The van der Waals surface area contributed by atoms with Crippen LogP contribution in [0.2, 0.25) is 0 Å². The number of aromatic nitrogens is 1. The zero-order valence-electron chi connectivity index (χ0n) is 13.5. The Kier molecular flexibility index (Phi) is 5.33. The van der Waals surface area contributed by atoms with Gasteiger partial charge in [0.05, 0.1) is 12.8 Å². The Morgan fingerprint density at radius 3 is 2.74 bits per heavy atom. The fraction of sp³-hybridized carbons (Fsp3) is 0.312. The fourth-order valence-electron chi connectivity index (χ4n) is 2.06. The first kappa shape index (κ1) is 17.0. The fourth-order valence-corrected chi connectivity index (χ4v) is 2.77. The molecule has 2 amide bonds. The largest absolute Gasteiger partial charge is 0.496 e. The summed E-state index contributed by atoms with van der Waals surface area (Å²) in [5.74, 6) is 0.166. The Morgan fingerprint density at radius 2 is 2.09 bits per heavy atom. The molecule has 23 heavy (non-hydrogen) atoms. The average Bonchev–Trinajstić information content (AvgIpc) is 2.94. The van der Waals surface area contributed by atoms with E-state index in [-0.39, 0.29) is 11.8 Å². The van der Waals surface area contributed by atoms with Gasteiger partial charge in [-0.25, -0.2) is 4.98 Å². The van der Waals surface area contributed by atoms with Crippen molar-refractivity contribution >= 4 is 28.3 Å². The van der Waals surface area contributed by atoms with Crippen LogP contribution in [0, 0.1) is 6.92 Å². The summed E-state index contributed by atoms with van der Waals surface area (Å²) in [6.07, 6.45) is 0. The number of methoxy groups -OCH3 is 1. The molecule has 0 spiro atoms. The Bertz CT molecular complexity index is 727. The number of amides is 2. The van der Waals surface area contributed by atoms with Gasteiger partial charge in [-0.2, -0.15) is 0 Å². The first-order valence-corrected chi connectivity index (χ1v) is 7.97. The van der Waals surface area contributed by atoms with Crippen LogP contribution >= 0.6 is 11.3 Å². The number of aryl methyl sites for hydroxylation is 1. The summed E-state index contributed by atoms with van der Waals surface area (Å²) in [6.45, 7) is 4.98. The number of hydrogen-bond donors (Lipinski definition) is 2. The number of nitrogens with one attached hydrogen (secondary N) is 2. The molecule has 6 nitrogen and oxygen atoms in total. The Balaban J connectivity index is 2.17. The maximum Gasteiger partial charge on any atom is 0.248 e. The van der Waals surface area contributed by atoms with Gasteiger partial charge >= 0.3 is 0 Å². The van der Waals surface area contributed by atoms with Crippen LogP contribution in [0.4, 0.5) is 5.13 Å². The Hall–Kier alpha value is -2.41. The van der Waals surface area contributed by atoms with Gasteiger partial charge in [-0.05, 0) is 26.0 Å². The minimum atomic E-state index is -0.617. The minimum absolute atomic E-state index is 0.253. The van der Waals surface area contributed by atoms with Gasteiger partial charge in [-0.1, -0.05) is 11.6 Å². The number of thiazole rings is 1. The highest BCUT2D eigenvalue weighted by Gasteiger charge is 2.16. The van der Waals surface area contributed by atoms with E-state index in [4.69, 9.17) is 4.74 Å². The topological polar surface area (TPSA) is 80.3 Å². The lowest BCUT2D eigenvalue weighted by Crippen LogP contribution is -2.40. The van der Waals surface area contributed by atoms with Crippen LogP contribution in [0.25, 0.3) is 11.3 Å². The van der Waals surface area contributed by atoms with Gasteiger partial charge in [-0.15, -0.1) is 11.3 Å². The summed E-state index contributed by atoms with van der Waals surface area (Å²) in [4.78, 5) is 27.4. The highest BCUT2D eigenvalue weighted by Crippen LogP contribution is 2.32. The van der Waals surface area contributed by atoms with Crippen molar-refractivity contribution in [3.05, 3.63) is 29.1 Å². The zero-order chi connectivity index (χ0) is 17.0. The number of nitrogens with zero attached hydrogens (tertiary/aromatic N) is 1. The molecule has 0 saturated carbocycles. The molecule has 0 fully saturated rings. The predicted octanol–water partition coefficient (Wildman–Crippen LogP) is 2.59. The number of anilines is 1. The molecule has 1 heterocycles. The van der Waals surface area contributed by atoms with E-state index in [2.05, 4.69) is 15.6 Å². The first-order valence-electron chi connectivity index (χ1n) is 7.09. The lowest BCUT2D eigenvalue weighted by molar-refractivity contribution is -0.124. The molecule has 7 heteroatoms. The first-order chi connectivity index (χ1) is 10.9. The molecule has 0 unspecified atom stereocenters. The standard InChI is InChI=1S/C16H19N3O3S/c1-9-5-6-14(22-4)12(7-9)13-8-23-16(18-13)19-15(21)10(2)17-11(3)20/h5-8,10H,1-4H3,(H,17,20)(H,18,19,21)/t10-/m1/s1. The number of hydrogen-bond acceptors (Lipinski definition) is 5. The second kappa shape index (κ2) is 7.23. The van der Waals surface area contributed by atoms with E-state index in [1.165, 1.54) is 18.3 Å². The monoisotopic (exact) mass is 333 g/mol. The SMILES string of the molecule is COc1ccc(C)cc1-c1csc(NC(=O)[C@@H](C)NC(C)=O)n1. The minimum Gasteiger partial charge on any atom is -0.496 e. The number of benzene rings is 1. The van der Waals surface area contributed by atoms with Crippen molar-refractivity contribution in [2.75, 3.05) is 12.4 Å². The van der Waals surface area contributed by atoms with Crippen molar-refractivity contribution in [1.82, 2.24) is 10.3 Å². The summed E-state index contributed by atoms with van der Waals surface area (Å²) in [5.41, 5.74) is 2.70. The molecule has 2 aromatic rings. The van der Waals surface area contributed by atoms with Gasteiger partial charge in [0.15, 0.2) is 5.13 Å². The van der Waals surface area contributed by atoms with Gasteiger partial charge in [0.2, 0.25) is 11.8 Å². The normalized spacial score (nSPS) is 11.7. The van der Waals surface area contributed by atoms with Crippen molar-refractivity contribution in [2.24, 2.45) is 0 Å². The van der Waals surface area contributed by atoms with Gasteiger partial charge < -0.3 is 15.4 Å². The third-order valence-electron chi connectivity index (χ3n) is 3.18. The lowest BCUT2D eigenvalue weighted by Gasteiger charge is -2.11. The third-order valence-corrected chi connectivity index (χ3v) is 3.94. The molecule has 1 atom stereocenters. The molecule has 2 N–H and O–H groups in total. The quantitative estimate of drug-likeness (QED) is 0.881. The van der Waals surface area contributed by atoms with E-state index in [1.54, 1.807) is 14.0 Å². The van der Waals surface area contributed by atoms with Crippen LogP contribution in [0.5, 0.6) is 5.75 Å². The molecule has 0 aliphatic rings. The maximum atomic E-state index is 12.0. The highest BCUT2D eigenvalue weighted by atomic mass is 32.1. The molecule has 1 aromatic carbocycles. The van der Waals surface area contributed by atoms with Crippen LogP contribution in [0.3, 0.4) is 0 Å². The number of carbonyl (C=O) groups excluding carboxylic acids is 2. The molecular weight excluding hydrogens is 314 g/mol. The van der Waals surface area contributed by atoms with Crippen LogP contribution in [0.1, 0.15) is 19.4 Å². The summed E-state index contributed by atoms with van der Waals surface area (Å²) >= 11 is 1.32. The molecule has 1 aromatic heterocycles. The van der Waals surface area contributed by atoms with E-state index >= 15 is 0 Å². The van der Waals surface area contributed by atoms with Crippen LogP contribution in [0.15, 0.2) is 23.6 Å². The highest BCUT2D eigenvalue weighted by molar-refractivity contribution is 7.14. The maximum absolute atomic E-state index is 12.0. The molecule has 0 saturated heterocycles. The van der Waals surface area contributed by atoms with Crippen molar-refractivity contribution in [1.29, 1.82) is 0 Å². The van der Waals surface area contributed by atoms with Gasteiger partial charge in [0.25, 0.3) is 0 Å². The lowest BCUT2D eigenvalue weighted by atomic mass is 10.1. The molecule has 0 bridgehead atoms. The second-order valence-electron chi connectivity index (χ2n) is 5.15. The van der Waals surface area contributed by atoms with E-state index in [9.17, 15) is 9.59 Å². The molecule has 2 rings (SSSR count). The summed E-state index contributed by atoms with van der Waals surface area (Å²) < 4.78 is 5.36. The molecule has 122 valence electrons. The van der Waals surface area contributed by atoms with Crippen LogP contribution in [-0.4, -0.2) is 29.9 Å². The number of rotatable bonds is 5. The van der Waals surface area contributed by atoms with E-state index in [1.807, 2.05) is 30.5 Å². The van der Waals surface area contributed by atoms with Crippen molar-refractivity contribution in [3.8, 4) is 17.0 Å². The summed E-state index contributed by atoms with van der Waals surface area (Å²) in [5, 5.41) is 7.57. The summed E-state index contributed by atoms with van der Waals surface area (Å²) in [6, 6.07) is 5.22. The summed E-state index contributed by atoms with van der Waals surface area (Å²) in [7, 11) is 1.61. The third kappa shape index (κ3) is 4.29. The molecule has 0 aliphatic carbocycles. The predicted molar refractivity (Wildman–Crippen MR) is 90.7 cm³/mol. The van der Waals surface area contributed by atoms with Gasteiger partial charge in [0.1, 0.15) is 11.8 Å². The van der Waals surface area contributed by atoms with Gasteiger partial charge in [0, 0.05) is 17.9 Å². The average molecular weight is 333 g/mol. The van der Waals surface area contributed by atoms with Crippen LogP contribution < -0.4 is 15.4 Å². The Labute approximate surface area is 138 Å². The Morgan fingerprint density at radius 1 is 1.35 bits per heavy atom. The van der Waals surface area contributed by atoms with E-state index in [0.29, 0.717) is 5.13 Å². The smallest absolute Gasteiger partial charge is 0.248 e. The molecule has 0 aliphatic heterocycles. The van der Waals surface area contributed by atoms with Crippen LogP contribution in [-0.2, 0) is 9.59 Å². The van der Waals surface area contributed by atoms with Crippen molar-refractivity contribution in [3.63, 3.8) is 0 Å². The number of ether oxygens (including phenoxy) is 1. The second-order valence-corrected chi connectivity index (χ2v) is 6.01. The zero-order valence-corrected chi connectivity index (χ0v) is 14.3. The van der Waals surface area contributed by atoms with Crippen molar-refractivity contribution < 1.29 is 14.3 Å². The van der Waals surface area contributed by atoms with E-state index in [0.717, 1.165) is 22.6 Å². The van der Waals surface area contributed by atoms with E-state index < -0.39 is 6.04 Å². The number of carbonyl (C=O) groups is 2. The van der Waals surface area contributed by atoms with Crippen molar-refractivity contribution in [2.45, 2.75) is 26.8 Å². The molecular formula is C16H19N3O3S. The van der Waals surface area contributed by atoms with Gasteiger partial charge in [-0.3, -0.25) is 9.59 Å².